The Balaban J connectivity index is 1.64. The number of nitrogens with one attached hydrogen (secondary N) is 1. The number of para-hydroxylation sites is 1. The number of fused-ring (bicyclic) bond motifs is 1. The lowest BCUT2D eigenvalue weighted by molar-refractivity contribution is -0.121. The lowest BCUT2D eigenvalue weighted by Gasteiger charge is -2.08. The molecule has 4 heteroatoms. The maximum Gasteiger partial charge on any atom is 0.220 e. The number of hydrogen-bond donors (Lipinski definition) is 1. The first-order chi connectivity index (χ1) is 11.6. The fourth-order valence-electron chi connectivity index (χ4n) is 2.94. The summed E-state index contributed by atoms with van der Waals surface area (Å²) in [6, 6.07) is 12.6. The van der Waals surface area contributed by atoms with Crippen molar-refractivity contribution in [2.24, 2.45) is 0 Å². The minimum Gasteiger partial charge on any atom is -0.352 e. The van der Waals surface area contributed by atoms with Crippen molar-refractivity contribution >= 4 is 16.8 Å². The highest BCUT2D eigenvalue weighted by molar-refractivity contribution is 5.85. The Hall–Kier alpha value is -2.62. The number of pyridine rings is 1. The molecule has 0 aliphatic rings. The molecule has 0 atom stereocenters. The molecule has 3 aromatic rings. The molecule has 0 saturated carbocycles. The van der Waals surface area contributed by atoms with E-state index in [9.17, 15) is 4.79 Å². The van der Waals surface area contributed by atoms with Crippen LogP contribution in [-0.4, -0.2) is 15.5 Å². The van der Waals surface area contributed by atoms with Crippen molar-refractivity contribution in [3.63, 3.8) is 0 Å². The summed E-state index contributed by atoms with van der Waals surface area (Å²) in [5, 5.41) is 4.22. The van der Waals surface area contributed by atoms with Gasteiger partial charge in [-0.05, 0) is 49.6 Å². The molecule has 0 aliphatic heterocycles. The van der Waals surface area contributed by atoms with Crippen molar-refractivity contribution in [2.75, 3.05) is 0 Å². The minimum atomic E-state index is 0.0770. The van der Waals surface area contributed by atoms with E-state index in [1.165, 1.54) is 16.5 Å². The summed E-state index contributed by atoms with van der Waals surface area (Å²) < 4.78 is 2.28. The molecule has 0 aliphatic carbocycles. The summed E-state index contributed by atoms with van der Waals surface area (Å²) in [6.45, 7) is 4.91. The summed E-state index contributed by atoms with van der Waals surface area (Å²) >= 11 is 0. The van der Waals surface area contributed by atoms with E-state index in [1.807, 2.05) is 12.1 Å². The van der Waals surface area contributed by atoms with Crippen LogP contribution >= 0.6 is 0 Å². The molecule has 124 valence electrons. The van der Waals surface area contributed by atoms with Crippen LogP contribution in [0.15, 0.2) is 55.0 Å². The van der Waals surface area contributed by atoms with Gasteiger partial charge in [0.15, 0.2) is 0 Å². The van der Waals surface area contributed by atoms with E-state index in [4.69, 9.17) is 0 Å². The Bertz CT molecular complexity index is 821. The zero-order chi connectivity index (χ0) is 16.9. The van der Waals surface area contributed by atoms with Gasteiger partial charge in [0.25, 0.3) is 0 Å². The number of aryl methyl sites for hydroxylation is 1. The van der Waals surface area contributed by atoms with Crippen molar-refractivity contribution in [1.82, 2.24) is 14.9 Å². The third-order valence-corrected chi connectivity index (χ3v) is 4.24. The van der Waals surface area contributed by atoms with Crippen molar-refractivity contribution in [2.45, 2.75) is 39.3 Å². The summed E-state index contributed by atoms with van der Waals surface area (Å²) in [7, 11) is 0. The van der Waals surface area contributed by atoms with Gasteiger partial charge >= 0.3 is 0 Å². The number of benzene rings is 1. The smallest absolute Gasteiger partial charge is 0.220 e. The van der Waals surface area contributed by atoms with Gasteiger partial charge < -0.3 is 9.88 Å². The van der Waals surface area contributed by atoms with Gasteiger partial charge in [0.1, 0.15) is 0 Å². The first-order valence-corrected chi connectivity index (χ1v) is 8.39. The normalized spacial score (nSPS) is 11.1. The SMILES string of the molecule is CC(C)n1cc(CCC(=O)NCc2ccncc2)c2ccccc21. The van der Waals surface area contributed by atoms with E-state index >= 15 is 0 Å². The molecule has 0 radical (unpaired) electrons. The summed E-state index contributed by atoms with van der Waals surface area (Å²) in [5.74, 6) is 0.0770. The van der Waals surface area contributed by atoms with Crippen molar-refractivity contribution in [3.8, 4) is 0 Å². The molecular weight excluding hydrogens is 298 g/mol. The zero-order valence-corrected chi connectivity index (χ0v) is 14.2. The molecule has 3 rings (SSSR count). The van der Waals surface area contributed by atoms with Gasteiger partial charge in [0.05, 0.1) is 0 Å². The van der Waals surface area contributed by atoms with Gasteiger partial charge in [-0.1, -0.05) is 18.2 Å². The molecule has 2 heterocycles. The van der Waals surface area contributed by atoms with Gasteiger partial charge in [-0.15, -0.1) is 0 Å². The average Bonchev–Trinajstić information content (AvgIpc) is 2.98. The van der Waals surface area contributed by atoms with Crippen molar-refractivity contribution in [1.29, 1.82) is 0 Å². The van der Waals surface area contributed by atoms with Crippen LogP contribution in [0.5, 0.6) is 0 Å². The Labute approximate surface area is 142 Å². The Morgan fingerprint density at radius 1 is 1.17 bits per heavy atom. The molecule has 0 spiro atoms. The Morgan fingerprint density at radius 3 is 2.67 bits per heavy atom. The largest absolute Gasteiger partial charge is 0.352 e. The van der Waals surface area contributed by atoms with Crippen LogP contribution in [0.2, 0.25) is 0 Å². The predicted octanol–water partition coefficient (Wildman–Crippen LogP) is 3.87. The summed E-state index contributed by atoms with van der Waals surface area (Å²) in [5.41, 5.74) is 3.54. The minimum absolute atomic E-state index is 0.0770. The highest BCUT2D eigenvalue weighted by atomic mass is 16.1. The second-order valence-corrected chi connectivity index (χ2v) is 6.30. The lowest BCUT2D eigenvalue weighted by Crippen LogP contribution is -2.22. The average molecular weight is 321 g/mol. The molecule has 24 heavy (non-hydrogen) atoms. The van der Waals surface area contributed by atoms with Crippen LogP contribution in [0, 0.1) is 0 Å². The number of aromatic nitrogens is 2. The molecule has 1 N–H and O–H groups in total. The molecular formula is C20H23N3O. The van der Waals surface area contributed by atoms with Gasteiger partial charge in [0.2, 0.25) is 5.91 Å². The van der Waals surface area contributed by atoms with E-state index in [-0.39, 0.29) is 5.91 Å². The van der Waals surface area contributed by atoms with Gasteiger partial charge in [0, 0.05) is 48.5 Å². The van der Waals surface area contributed by atoms with E-state index < -0.39 is 0 Å². The molecule has 0 saturated heterocycles. The number of nitrogens with zero attached hydrogens (tertiary/aromatic N) is 2. The van der Waals surface area contributed by atoms with Crippen LogP contribution in [0.25, 0.3) is 10.9 Å². The van der Waals surface area contributed by atoms with Gasteiger partial charge in [-0.2, -0.15) is 0 Å². The molecule has 1 aromatic carbocycles. The Morgan fingerprint density at radius 2 is 1.92 bits per heavy atom. The maximum atomic E-state index is 12.1. The van der Waals surface area contributed by atoms with Crippen LogP contribution in [0.1, 0.15) is 37.4 Å². The predicted molar refractivity (Wildman–Crippen MR) is 96.7 cm³/mol. The molecule has 0 bridgehead atoms. The highest BCUT2D eigenvalue weighted by Crippen LogP contribution is 2.25. The van der Waals surface area contributed by atoms with Crippen LogP contribution in [0.4, 0.5) is 0 Å². The van der Waals surface area contributed by atoms with E-state index in [1.54, 1.807) is 12.4 Å². The third kappa shape index (κ3) is 3.65. The first kappa shape index (κ1) is 16.2. The summed E-state index contributed by atoms with van der Waals surface area (Å²) in [4.78, 5) is 16.1. The first-order valence-electron chi connectivity index (χ1n) is 8.39. The van der Waals surface area contributed by atoms with Crippen molar-refractivity contribution in [3.05, 3.63) is 66.1 Å². The van der Waals surface area contributed by atoms with E-state index in [2.05, 4.69) is 59.2 Å². The highest BCUT2D eigenvalue weighted by Gasteiger charge is 2.11. The lowest BCUT2D eigenvalue weighted by atomic mass is 10.1. The molecule has 2 aromatic heterocycles. The monoisotopic (exact) mass is 321 g/mol. The van der Waals surface area contributed by atoms with E-state index in [0.29, 0.717) is 19.0 Å². The van der Waals surface area contributed by atoms with Crippen LogP contribution in [0.3, 0.4) is 0 Å². The van der Waals surface area contributed by atoms with Crippen molar-refractivity contribution < 1.29 is 4.79 Å². The number of carbonyl (C=O) groups excluding carboxylic acids is 1. The van der Waals surface area contributed by atoms with Crippen LogP contribution < -0.4 is 5.32 Å². The number of rotatable bonds is 6. The fraction of sp³-hybridized carbons (Fsp3) is 0.300. The standard InChI is InChI=1S/C20H23N3O/c1-15(2)23-14-17(18-5-3-4-6-19(18)23)7-8-20(24)22-13-16-9-11-21-12-10-16/h3-6,9-12,14-15H,7-8,13H2,1-2H3,(H,22,24). The van der Waals surface area contributed by atoms with Gasteiger partial charge in [-0.3, -0.25) is 9.78 Å². The molecule has 0 unspecified atom stereocenters. The molecule has 0 fully saturated rings. The third-order valence-electron chi connectivity index (χ3n) is 4.24. The second kappa shape index (κ2) is 7.30. The number of hydrogen-bond acceptors (Lipinski definition) is 2. The van der Waals surface area contributed by atoms with E-state index in [0.717, 1.165) is 12.0 Å². The quantitative estimate of drug-likeness (QED) is 0.749. The Kier molecular flexibility index (Phi) is 4.94. The van der Waals surface area contributed by atoms with Crippen LogP contribution in [-0.2, 0) is 17.8 Å². The molecule has 4 nitrogen and oxygen atoms in total. The second-order valence-electron chi connectivity index (χ2n) is 6.30. The van der Waals surface area contributed by atoms with Gasteiger partial charge in [-0.25, -0.2) is 0 Å². The maximum absolute atomic E-state index is 12.1. The summed E-state index contributed by atoms with van der Waals surface area (Å²) in [6.07, 6.45) is 6.91. The zero-order valence-electron chi connectivity index (χ0n) is 14.2. The number of carbonyl (C=O) groups is 1. The molecule has 1 amide bonds. The topological polar surface area (TPSA) is 46.9 Å². The number of amides is 1. The fourth-order valence-corrected chi connectivity index (χ4v) is 2.94.